The molecule has 8 nitrogen and oxygen atoms in total. The van der Waals surface area contributed by atoms with Crippen LogP contribution in [-0.2, 0) is 4.74 Å². The number of hydrogen-bond donors (Lipinski definition) is 1. The van der Waals surface area contributed by atoms with Crippen LogP contribution in [0.5, 0.6) is 0 Å². The van der Waals surface area contributed by atoms with Crippen LogP contribution < -0.4 is 5.32 Å². The standard InChI is InChI=1S/C22H27ClN6O2/c1-14-18(23)26-20(16-12-24-29-11-6-5-9-17(16)29)27-19(14)25-15-8-7-10-28(13-15)21(30)31-22(2,3)4/h5-6,9,11-12,15H,7-8,10,13H2,1-4H3,(H,25,26,27)/t15-/m1/s1. The van der Waals surface area contributed by atoms with Gasteiger partial charge in [0.05, 0.1) is 17.3 Å². The average Bonchev–Trinajstić information content (AvgIpc) is 3.14. The summed E-state index contributed by atoms with van der Waals surface area (Å²) in [6.45, 7) is 8.74. The van der Waals surface area contributed by atoms with Gasteiger partial charge in [-0.25, -0.2) is 19.3 Å². The Balaban J connectivity index is 1.56. The van der Waals surface area contributed by atoms with E-state index in [1.165, 1.54) is 0 Å². The molecule has 3 aromatic rings. The number of piperidine rings is 1. The molecule has 0 spiro atoms. The van der Waals surface area contributed by atoms with Gasteiger partial charge in [0, 0.05) is 30.9 Å². The minimum atomic E-state index is -0.516. The summed E-state index contributed by atoms with van der Waals surface area (Å²) >= 11 is 6.45. The number of aromatic nitrogens is 4. The fraction of sp³-hybridized carbons (Fsp3) is 0.455. The zero-order chi connectivity index (χ0) is 22.2. The van der Waals surface area contributed by atoms with Crippen LogP contribution in [0.15, 0.2) is 30.6 Å². The molecule has 1 saturated heterocycles. The van der Waals surface area contributed by atoms with Crippen molar-refractivity contribution in [2.45, 2.75) is 52.2 Å². The molecule has 0 aromatic carbocycles. The molecule has 4 rings (SSSR count). The van der Waals surface area contributed by atoms with Crippen molar-refractivity contribution < 1.29 is 9.53 Å². The Hall–Kier alpha value is -2.87. The number of likely N-dealkylation sites (tertiary alicyclic amines) is 1. The molecule has 1 N–H and O–H groups in total. The highest BCUT2D eigenvalue weighted by molar-refractivity contribution is 6.30. The van der Waals surface area contributed by atoms with E-state index in [-0.39, 0.29) is 12.1 Å². The quantitative estimate of drug-likeness (QED) is 0.598. The van der Waals surface area contributed by atoms with Gasteiger partial charge < -0.3 is 15.0 Å². The maximum Gasteiger partial charge on any atom is 0.410 e. The molecule has 0 unspecified atom stereocenters. The molecule has 0 radical (unpaired) electrons. The highest BCUT2D eigenvalue weighted by atomic mass is 35.5. The molecule has 1 fully saturated rings. The first-order valence-corrected chi connectivity index (χ1v) is 10.8. The molecular weight excluding hydrogens is 416 g/mol. The molecule has 4 heterocycles. The first-order valence-electron chi connectivity index (χ1n) is 10.4. The van der Waals surface area contributed by atoms with Gasteiger partial charge >= 0.3 is 6.09 Å². The number of amides is 1. The molecule has 164 valence electrons. The lowest BCUT2D eigenvalue weighted by Crippen LogP contribution is -2.47. The van der Waals surface area contributed by atoms with E-state index in [0.717, 1.165) is 29.5 Å². The lowest BCUT2D eigenvalue weighted by Gasteiger charge is -2.34. The molecule has 3 aromatic heterocycles. The molecule has 0 saturated carbocycles. The zero-order valence-corrected chi connectivity index (χ0v) is 19.0. The van der Waals surface area contributed by atoms with Crippen molar-refractivity contribution in [2.75, 3.05) is 18.4 Å². The Morgan fingerprint density at radius 2 is 2.10 bits per heavy atom. The zero-order valence-electron chi connectivity index (χ0n) is 18.2. The number of fused-ring (bicyclic) bond motifs is 1. The number of pyridine rings is 1. The Labute approximate surface area is 186 Å². The molecule has 1 amide bonds. The molecule has 1 aliphatic heterocycles. The minimum absolute atomic E-state index is 0.0442. The van der Waals surface area contributed by atoms with E-state index in [0.29, 0.717) is 29.9 Å². The van der Waals surface area contributed by atoms with Crippen molar-refractivity contribution >= 4 is 29.0 Å². The first kappa shape index (κ1) is 21.4. The summed E-state index contributed by atoms with van der Waals surface area (Å²) in [5, 5.41) is 8.23. The molecule has 31 heavy (non-hydrogen) atoms. The number of carbonyl (C=O) groups excluding carboxylic acids is 1. The predicted molar refractivity (Wildman–Crippen MR) is 120 cm³/mol. The molecule has 1 atom stereocenters. The normalized spacial score (nSPS) is 17.1. The number of carbonyl (C=O) groups is 1. The van der Waals surface area contributed by atoms with Crippen LogP contribution in [0.25, 0.3) is 16.9 Å². The smallest absolute Gasteiger partial charge is 0.410 e. The highest BCUT2D eigenvalue weighted by Crippen LogP contribution is 2.28. The fourth-order valence-corrected chi connectivity index (χ4v) is 3.81. The van der Waals surface area contributed by atoms with Crippen LogP contribution in [0.2, 0.25) is 5.15 Å². The second-order valence-corrected chi connectivity index (χ2v) is 9.17. The van der Waals surface area contributed by atoms with Gasteiger partial charge in [-0.1, -0.05) is 17.7 Å². The summed E-state index contributed by atoms with van der Waals surface area (Å²) in [6.07, 6.45) is 5.14. The SMILES string of the molecule is Cc1c(Cl)nc(-c2cnn3ccccc23)nc1N[C@@H]1CCCN(C(=O)OC(C)(C)C)C1. The molecule has 0 bridgehead atoms. The first-order chi connectivity index (χ1) is 14.7. The topological polar surface area (TPSA) is 84.7 Å². The second-order valence-electron chi connectivity index (χ2n) is 8.81. The van der Waals surface area contributed by atoms with E-state index >= 15 is 0 Å². The van der Waals surface area contributed by atoms with Gasteiger partial charge in [0.2, 0.25) is 0 Å². The van der Waals surface area contributed by atoms with Gasteiger partial charge in [0.15, 0.2) is 5.82 Å². The van der Waals surface area contributed by atoms with Gasteiger partial charge in [-0.2, -0.15) is 5.10 Å². The third-order valence-corrected chi connectivity index (χ3v) is 5.54. The van der Waals surface area contributed by atoms with E-state index in [1.807, 2.05) is 52.1 Å². The summed E-state index contributed by atoms with van der Waals surface area (Å²) in [4.78, 5) is 23.5. The van der Waals surface area contributed by atoms with Crippen LogP contribution in [0.1, 0.15) is 39.2 Å². The maximum absolute atomic E-state index is 12.5. The van der Waals surface area contributed by atoms with Crippen LogP contribution in [0, 0.1) is 6.92 Å². The summed E-state index contributed by atoms with van der Waals surface area (Å²) in [5.41, 5.74) is 1.97. The summed E-state index contributed by atoms with van der Waals surface area (Å²) in [6, 6.07) is 5.87. The molecule has 1 aliphatic rings. The number of hydrogen-bond acceptors (Lipinski definition) is 6. The van der Waals surface area contributed by atoms with E-state index in [9.17, 15) is 4.79 Å². The lowest BCUT2D eigenvalue weighted by molar-refractivity contribution is 0.0206. The van der Waals surface area contributed by atoms with Crippen molar-refractivity contribution in [3.05, 3.63) is 41.3 Å². The van der Waals surface area contributed by atoms with Gasteiger partial charge in [0.25, 0.3) is 0 Å². The van der Waals surface area contributed by atoms with E-state index in [2.05, 4.69) is 15.4 Å². The largest absolute Gasteiger partial charge is 0.444 e. The number of nitrogens with one attached hydrogen (secondary N) is 1. The van der Waals surface area contributed by atoms with Crippen molar-refractivity contribution in [2.24, 2.45) is 0 Å². The summed E-state index contributed by atoms with van der Waals surface area (Å²) < 4.78 is 7.31. The van der Waals surface area contributed by atoms with Crippen molar-refractivity contribution in [3.63, 3.8) is 0 Å². The van der Waals surface area contributed by atoms with E-state index in [4.69, 9.17) is 21.3 Å². The van der Waals surface area contributed by atoms with Gasteiger partial charge in [-0.05, 0) is 52.7 Å². The van der Waals surface area contributed by atoms with Crippen LogP contribution in [-0.4, -0.2) is 55.3 Å². The highest BCUT2D eigenvalue weighted by Gasteiger charge is 2.28. The van der Waals surface area contributed by atoms with Crippen molar-refractivity contribution in [3.8, 4) is 11.4 Å². The fourth-order valence-electron chi connectivity index (χ4n) is 3.64. The van der Waals surface area contributed by atoms with Gasteiger partial charge in [-0.15, -0.1) is 0 Å². The number of nitrogens with zero attached hydrogens (tertiary/aromatic N) is 5. The van der Waals surface area contributed by atoms with Gasteiger partial charge in [0.1, 0.15) is 16.6 Å². The minimum Gasteiger partial charge on any atom is -0.444 e. The lowest BCUT2D eigenvalue weighted by atomic mass is 10.1. The third kappa shape index (κ3) is 4.74. The molecule has 0 aliphatic carbocycles. The number of anilines is 1. The number of ether oxygens (including phenoxy) is 1. The summed E-state index contributed by atoms with van der Waals surface area (Å²) in [5.74, 6) is 1.18. The average molecular weight is 443 g/mol. The Morgan fingerprint density at radius 3 is 2.87 bits per heavy atom. The maximum atomic E-state index is 12.5. The Morgan fingerprint density at radius 1 is 1.29 bits per heavy atom. The third-order valence-electron chi connectivity index (χ3n) is 5.17. The molecule has 9 heteroatoms. The summed E-state index contributed by atoms with van der Waals surface area (Å²) in [7, 11) is 0. The van der Waals surface area contributed by atoms with Crippen molar-refractivity contribution in [1.82, 2.24) is 24.5 Å². The predicted octanol–water partition coefficient (Wildman–Crippen LogP) is 4.56. The van der Waals surface area contributed by atoms with E-state index < -0.39 is 5.60 Å². The van der Waals surface area contributed by atoms with Crippen LogP contribution in [0.4, 0.5) is 10.6 Å². The molecular formula is C22H27ClN6O2. The number of halogens is 1. The van der Waals surface area contributed by atoms with Crippen molar-refractivity contribution in [1.29, 1.82) is 0 Å². The van der Waals surface area contributed by atoms with Gasteiger partial charge in [-0.3, -0.25) is 0 Å². The Kier molecular flexibility index (Phi) is 5.75. The number of rotatable bonds is 3. The monoisotopic (exact) mass is 442 g/mol. The van der Waals surface area contributed by atoms with E-state index in [1.54, 1.807) is 15.6 Å². The Bertz CT molecular complexity index is 1110. The van der Waals surface area contributed by atoms with Crippen LogP contribution in [0.3, 0.4) is 0 Å². The van der Waals surface area contributed by atoms with Crippen LogP contribution >= 0.6 is 11.6 Å². The second kappa shape index (κ2) is 8.34.